The van der Waals surface area contributed by atoms with Crippen LogP contribution in [0.5, 0.6) is 5.75 Å². The van der Waals surface area contributed by atoms with E-state index in [2.05, 4.69) is 5.32 Å². The van der Waals surface area contributed by atoms with Crippen molar-refractivity contribution < 1.29 is 14.3 Å². The number of hydrogen-bond donors (Lipinski definition) is 1. The number of rotatable bonds is 2. The van der Waals surface area contributed by atoms with Crippen LogP contribution in [-0.2, 0) is 11.2 Å². The van der Waals surface area contributed by atoms with Crippen LogP contribution < -0.4 is 10.1 Å². The summed E-state index contributed by atoms with van der Waals surface area (Å²) in [6.45, 7) is 3.54. The molecule has 0 saturated carbocycles. The third kappa shape index (κ3) is 1.78. The number of carbonyl (C=O) groups excluding carboxylic acids is 2. The number of ketones is 1. The van der Waals surface area contributed by atoms with E-state index < -0.39 is 0 Å². The fraction of sp³-hybridized carbons (Fsp3) is 0.333. The molecule has 16 heavy (non-hydrogen) atoms. The minimum absolute atomic E-state index is 0.000488. The largest absolute Gasteiger partial charge is 0.482 e. The summed E-state index contributed by atoms with van der Waals surface area (Å²) in [5.41, 5.74) is 2.17. The molecule has 1 aliphatic heterocycles. The number of aryl methyl sites for hydroxylation is 1. The number of anilines is 1. The smallest absolute Gasteiger partial charge is 0.262 e. The Morgan fingerprint density at radius 2 is 2.25 bits per heavy atom. The number of carbonyl (C=O) groups is 2. The third-order valence-corrected chi connectivity index (χ3v) is 2.60. The van der Waals surface area contributed by atoms with Gasteiger partial charge in [-0.25, -0.2) is 0 Å². The van der Waals surface area contributed by atoms with E-state index in [4.69, 9.17) is 4.74 Å². The van der Waals surface area contributed by atoms with Crippen molar-refractivity contribution >= 4 is 17.4 Å². The van der Waals surface area contributed by atoms with Crippen LogP contribution in [-0.4, -0.2) is 18.3 Å². The van der Waals surface area contributed by atoms with Gasteiger partial charge in [-0.2, -0.15) is 0 Å². The van der Waals surface area contributed by atoms with E-state index in [1.165, 1.54) is 6.92 Å². The molecule has 1 N–H and O–H groups in total. The van der Waals surface area contributed by atoms with Crippen LogP contribution >= 0.6 is 0 Å². The lowest BCUT2D eigenvalue weighted by molar-refractivity contribution is -0.118. The molecule has 1 amide bonds. The summed E-state index contributed by atoms with van der Waals surface area (Å²) in [6.07, 6.45) is 0.763. The molecule has 84 valence electrons. The van der Waals surface area contributed by atoms with Gasteiger partial charge >= 0.3 is 0 Å². The molecule has 1 aromatic carbocycles. The summed E-state index contributed by atoms with van der Waals surface area (Å²) in [5, 5.41) is 2.69. The van der Waals surface area contributed by atoms with Crippen molar-refractivity contribution in [3.8, 4) is 5.75 Å². The van der Waals surface area contributed by atoms with Crippen molar-refractivity contribution in [3.05, 3.63) is 23.3 Å². The quantitative estimate of drug-likeness (QED) is 0.771. The Morgan fingerprint density at radius 1 is 1.50 bits per heavy atom. The Labute approximate surface area is 93.6 Å². The fourth-order valence-corrected chi connectivity index (χ4v) is 1.79. The second kappa shape index (κ2) is 3.96. The number of Topliss-reactive ketones (excluding diaryl/α,β-unsaturated/α-hetero) is 1. The van der Waals surface area contributed by atoms with Gasteiger partial charge in [0.1, 0.15) is 5.75 Å². The third-order valence-electron chi connectivity index (χ3n) is 2.60. The summed E-state index contributed by atoms with van der Waals surface area (Å²) in [5.74, 6) is 0.451. The molecule has 0 aromatic heterocycles. The first-order valence-corrected chi connectivity index (χ1v) is 5.22. The molecule has 2 rings (SSSR count). The minimum atomic E-state index is -0.189. The molecule has 0 radical (unpaired) electrons. The highest BCUT2D eigenvalue weighted by Crippen LogP contribution is 2.31. The van der Waals surface area contributed by atoms with Gasteiger partial charge in [0.15, 0.2) is 12.4 Å². The molecule has 0 unspecified atom stereocenters. The number of fused-ring (bicyclic) bond motifs is 1. The summed E-state index contributed by atoms with van der Waals surface area (Å²) in [6, 6.07) is 3.51. The van der Waals surface area contributed by atoms with Crippen LogP contribution in [0.4, 0.5) is 5.69 Å². The molecule has 0 spiro atoms. The highest BCUT2D eigenvalue weighted by atomic mass is 16.5. The fourth-order valence-electron chi connectivity index (χ4n) is 1.79. The maximum Gasteiger partial charge on any atom is 0.262 e. The Bertz CT molecular complexity index is 466. The zero-order valence-electron chi connectivity index (χ0n) is 9.29. The first-order valence-electron chi connectivity index (χ1n) is 5.22. The van der Waals surface area contributed by atoms with E-state index in [-0.39, 0.29) is 18.3 Å². The molecular formula is C12H13NO3. The van der Waals surface area contributed by atoms with Gasteiger partial charge in [-0.05, 0) is 31.0 Å². The van der Waals surface area contributed by atoms with Gasteiger partial charge in [-0.15, -0.1) is 0 Å². The lowest BCUT2D eigenvalue weighted by atomic mass is 10.0. The topological polar surface area (TPSA) is 55.4 Å². The van der Waals surface area contributed by atoms with Crippen molar-refractivity contribution in [2.45, 2.75) is 20.3 Å². The first kappa shape index (κ1) is 10.7. The van der Waals surface area contributed by atoms with Crippen molar-refractivity contribution in [3.63, 3.8) is 0 Å². The lowest BCUT2D eigenvalue weighted by Crippen LogP contribution is -2.25. The van der Waals surface area contributed by atoms with Gasteiger partial charge in [0.05, 0.1) is 5.69 Å². The number of amides is 1. The maximum atomic E-state index is 11.4. The van der Waals surface area contributed by atoms with Gasteiger partial charge in [-0.3, -0.25) is 9.59 Å². The number of ether oxygens (including phenoxy) is 1. The van der Waals surface area contributed by atoms with E-state index in [0.29, 0.717) is 17.0 Å². The number of nitrogens with one attached hydrogen (secondary N) is 1. The summed E-state index contributed by atoms with van der Waals surface area (Å²) in [4.78, 5) is 22.6. The molecule has 0 saturated heterocycles. The van der Waals surface area contributed by atoms with Gasteiger partial charge in [-0.1, -0.05) is 6.92 Å². The highest BCUT2D eigenvalue weighted by Gasteiger charge is 2.19. The molecule has 1 heterocycles. The van der Waals surface area contributed by atoms with Crippen LogP contribution in [0.1, 0.15) is 29.8 Å². The van der Waals surface area contributed by atoms with Crippen LogP contribution in [0.2, 0.25) is 0 Å². The summed E-state index contributed by atoms with van der Waals surface area (Å²) in [7, 11) is 0. The zero-order chi connectivity index (χ0) is 11.7. The average Bonchev–Trinajstić information content (AvgIpc) is 2.27. The zero-order valence-corrected chi connectivity index (χ0v) is 9.29. The summed E-state index contributed by atoms with van der Waals surface area (Å²) >= 11 is 0. The van der Waals surface area contributed by atoms with Crippen LogP contribution in [0.3, 0.4) is 0 Å². The molecule has 4 heteroatoms. The average molecular weight is 219 g/mol. The highest BCUT2D eigenvalue weighted by molar-refractivity contribution is 6.00. The number of hydrogen-bond acceptors (Lipinski definition) is 3. The van der Waals surface area contributed by atoms with Gasteiger partial charge in [0, 0.05) is 5.56 Å². The Morgan fingerprint density at radius 3 is 2.88 bits per heavy atom. The lowest BCUT2D eigenvalue weighted by Gasteiger charge is -2.20. The second-order valence-electron chi connectivity index (χ2n) is 3.75. The van der Waals surface area contributed by atoms with Crippen molar-refractivity contribution in [1.29, 1.82) is 0 Å². The molecule has 1 aliphatic rings. The summed E-state index contributed by atoms with van der Waals surface area (Å²) < 4.78 is 5.29. The Balaban J connectivity index is 2.52. The number of benzene rings is 1. The normalized spacial score (nSPS) is 13.8. The predicted octanol–water partition coefficient (Wildman–Crippen LogP) is 1.78. The van der Waals surface area contributed by atoms with Crippen LogP contribution in [0, 0.1) is 0 Å². The Kier molecular flexibility index (Phi) is 2.64. The molecular weight excluding hydrogens is 206 g/mol. The Hall–Kier alpha value is -1.84. The predicted molar refractivity (Wildman–Crippen MR) is 59.9 cm³/mol. The first-order chi connectivity index (χ1) is 7.61. The van der Waals surface area contributed by atoms with Gasteiger partial charge < -0.3 is 10.1 Å². The van der Waals surface area contributed by atoms with E-state index in [1.807, 2.05) is 13.0 Å². The van der Waals surface area contributed by atoms with Crippen molar-refractivity contribution in [2.75, 3.05) is 11.9 Å². The molecule has 0 atom stereocenters. The molecule has 0 fully saturated rings. The van der Waals surface area contributed by atoms with Crippen molar-refractivity contribution in [1.82, 2.24) is 0 Å². The standard InChI is InChI=1S/C12H13NO3/c1-3-8-4-11-10(5-9(8)7(2)14)13-12(15)6-16-11/h4-5H,3,6H2,1-2H3,(H,13,15). The molecule has 4 nitrogen and oxygen atoms in total. The van der Waals surface area contributed by atoms with E-state index >= 15 is 0 Å². The van der Waals surface area contributed by atoms with Gasteiger partial charge in [0.2, 0.25) is 0 Å². The van der Waals surface area contributed by atoms with Gasteiger partial charge in [0.25, 0.3) is 5.91 Å². The van der Waals surface area contributed by atoms with E-state index in [0.717, 1.165) is 12.0 Å². The van der Waals surface area contributed by atoms with Crippen LogP contribution in [0.15, 0.2) is 12.1 Å². The SMILES string of the molecule is CCc1cc2c(cc1C(C)=O)NC(=O)CO2. The van der Waals surface area contributed by atoms with Crippen molar-refractivity contribution in [2.24, 2.45) is 0 Å². The van der Waals surface area contributed by atoms with Crippen LogP contribution in [0.25, 0.3) is 0 Å². The minimum Gasteiger partial charge on any atom is -0.482 e. The second-order valence-corrected chi connectivity index (χ2v) is 3.75. The molecule has 1 aromatic rings. The molecule has 0 bridgehead atoms. The monoisotopic (exact) mass is 219 g/mol. The molecule has 0 aliphatic carbocycles. The van der Waals surface area contributed by atoms with E-state index in [1.54, 1.807) is 6.07 Å². The van der Waals surface area contributed by atoms with E-state index in [9.17, 15) is 9.59 Å². The maximum absolute atomic E-state index is 11.4.